The average molecular weight is 425 g/mol. The molecule has 2 aliphatic heterocycles. The predicted octanol–water partition coefficient (Wildman–Crippen LogP) is 4.81. The molecule has 4 fully saturated rings. The molecule has 31 heavy (non-hydrogen) atoms. The fourth-order valence-electron chi connectivity index (χ4n) is 8.80. The quantitative estimate of drug-likeness (QED) is 0.478. The van der Waals surface area contributed by atoms with Gasteiger partial charge in [0, 0.05) is 35.0 Å². The molecule has 5 heteroatoms. The molecule has 5 aliphatic rings. The van der Waals surface area contributed by atoms with E-state index >= 15 is 0 Å². The predicted molar refractivity (Wildman–Crippen MR) is 113 cm³/mol. The van der Waals surface area contributed by atoms with E-state index in [1.807, 2.05) is 26.2 Å². The number of esters is 1. The number of rotatable bonds is 1. The minimum absolute atomic E-state index is 0.0521. The lowest BCUT2D eigenvalue weighted by molar-refractivity contribution is -0.162. The Labute approximate surface area is 183 Å². The molecule has 2 saturated heterocycles. The van der Waals surface area contributed by atoms with Crippen molar-refractivity contribution in [3.05, 3.63) is 35.8 Å². The summed E-state index contributed by atoms with van der Waals surface area (Å²) in [4.78, 5) is 26.2. The summed E-state index contributed by atoms with van der Waals surface area (Å²) in [5.74, 6) is 0.285. The number of ketones is 1. The number of Topliss-reactive ketones (excluding diaryl/α,β-unsaturated/α-hetero) is 1. The van der Waals surface area contributed by atoms with Gasteiger partial charge in [-0.1, -0.05) is 33.8 Å². The number of carbonyl (C=O) groups excluding carboxylic acids is 2. The standard InChI is InChI=1S/C26H32O5/c1-23(2)18-10-21(28)30-16-12-24(3)15(14-8-9-29-13-14)6-7-17(24)26(5)22(16)25(18,4)20(31-26)11-19(23)27/h7-9,13,15-16,18,20,22H,6,10-12H2,1-5H3/t15-,16+,18-,20-,22+,24-,25+,26-/m0/s1. The van der Waals surface area contributed by atoms with Crippen molar-refractivity contribution in [1.82, 2.24) is 0 Å². The second-order valence-electron chi connectivity index (χ2n) is 11.8. The topological polar surface area (TPSA) is 65.7 Å². The van der Waals surface area contributed by atoms with Crippen molar-refractivity contribution in [2.45, 2.75) is 84.0 Å². The maximum absolute atomic E-state index is 13.2. The van der Waals surface area contributed by atoms with E-state index in [0.717, 1.165) is 12.8 Å². The molecular weight excluding hydrogens is 392 g/mol. The first kappa shape index (κ1) is 19.8. The summed E-state index contributed by atoms with van der Waals surface area (Å²) in [6.07, 6.45) is 7.96. The van der Waals surface area contributed by atoms with E-state index < -0.39 is 11.0 Å². The first-order chi connectivity index (χ1) is 14.5. The third kappa shape index (κ3) is 2.17. The summed E-state index contributed by atoms with van der Waals surface area (Å²) < 4.78 is 18.6. The fraction of sp³-hybridized carbons (Fsp3) is 0.692. The van der Waals surface area contributed by atoms with Crippen molar-refractivity contribution >= 4 is 11.8 Å². The van der Waals surface area contributed by atoms with Crippen LogP contribution in [0, 0.1) is 28.1 Å². The molecule has 166 valence electrons. The second kappa shape index (κ2) is 5.72. The summed E-state index contributed by atoms with van der Waals surface area (Å²) in [5.41, 5.74) is 0.954. The highest BCUT2D eigenvalue weighted by Crippen LogP contribution is 2.72. The minimum atomic E-state index is -0.558. The molecule has 0 amide bonds. The number of hydrogen-bond acceptors (Lipinski definition) is 5. The van der Waals surface area contributed by atoms with E-state index in [1.165, 1.54) is 11.1 Å². The van der Waals surface area contributed by atoms with Crippen molar-refractivity contribution in [3.8, 4) is 0 Å². The number of ether oxygens (including phenoxy) is 2. The Morgan fingerprint density at radius 3 is 2.55 bits per heavy atom. The normalized spacial score (nSPS) is 49.7. The van der Waals surface area contributed by atoms with Crippen molar-refractivity contribution in [2.75, 3.05) is 0 Å². The lowest BCUT2D eigenvalue weighted by Crippen LogP contribution is -2.60. The smallest absolute Gasteiger partial charge is 0.306 e. The lowest BCUT2D eigenvalue weighted by Gasteiger charge is -2.56. The number of allylic oxidation sites excluding steroid dienone is 1. The molecule has 0 radical (unpaired) electrons. The van der Waals surface area contributed by atoms with Gasteiger partial charge in [0.05, 0.1) is 24.2 Å². The fourth-order valence-corrected chi connectivity index (χ4v) is 8.80. The van der Waals surface area contributed by atoms with Crippen LogP contribution < -0.4 is 0 Å². The first-order valence-corrected chi connectivity index (χ1v) is 11.7. The van der Waals surface area contributed by atoms with Crippen LogP contribution in [0.1, 0.15) is 71.8 Å². The molecule has 0 unspecified atom stereocenters. The van der Waals surface area contributed by atoms with Crippen molar-refractivity contribution < 1.29 is 23.5 Å². The van der Waals surface area contributed by atoms with Crippen LogP contribution in [-0.4, -0.2) is 29.6 Å². The first-order valence-electron chi connectivity index (χ1n) is 11.7. The summed E-state index contributed by atoms with van der Waals surface area (Å²) in [5, 5.41) is 0. The van der Waals surface area contributed by atoms with Crippen LogP contribution in [0.3, 0.4) is 0 Å². The molecule has 5 nitrogen and oxygen atoms in total. The third-order valence-corrected chi connectivity index (χ3v) is 10.1. The summed E-state index contributed by atoms with van der Waals surface area (Å²) in [6.45, 7) is 10.8. The number of furan rings is 1. The van der Waals surface area contributed by atoms with E-state index in [1.54, 1.807) is 6.26 Å². The Hall–Kier alpha value is -1.88. The van der Waals surface area contributed by atoms with Gasteiger partial charge in [0.15, 0.2) is 0 Å². The molecule has 2 saturated carbocycles. The van der Waals surface area contributed by atoms with Gasteiger partial charge in [0.25, 0.3) is 0 Å². The maximum atomic E-state index is 13.2. The zero-order valence-corrected chi connectivity index (χ0v) is 19.1. The molecule has 1 aromatic rings. The highest BCUT2D eigenvalue weighted by Gasteiger charge is 2.75. The van der Waals surface area contributed by atoms with Gasteiger partial charge in [0.1, 0.15) is 11.9 Å². The Balaban J connectivity index is 1.53. The van der Waals surface area contributed by atoms with Crippen molar-refractivity contribution in [3.63, 3.8) is 0 Å². The SMILES string of the molecule is CC1(C)C(=O)C[C@@H]2O[C@@]3(C)C4=CC[C@@H](c5ccoc5)[C@]4(C)C[C@H]4OC(=O)C[C@@H]1[C@@]2(C)[C@@H]43. The molecule has 3 heterocycles. The molecule has 3 aliphatic carbocycles. The number of fused-ring (bicyclic) bond motifs is 2. The van der Waals surface area contributed by atoms with E-state index in [2.05, 4.69) is 26.8 Å². The van der Waals surface area contributed by atoms with Crippen molar-refractivity contribution in [1.29, 1.82) is 0 Å². The largest absolute Gasteiger partial charge is 0.472 e. The van der Waals surface area contributed by atoms with Crippen LogP contribution in [0.15, 0.2) is 34.7 Å². The molecule has 0 bridgehead atoms. The highest BCUT2D eigenvalue weighted by molar-refractivity contribution is 5.87. The van der Waals surface area contributed by atoms with Crippen LogP contribution in [-0.2, 0) is 19.1 Å². The highest BCUT2D eigenvalue weighted by atomic mass is 16.6. The van der Waals surface area contributed by atoms with E-state index in [-0.39, 0.29) is 52.5 Å². The minimum Gasteiger partial charge on any atom is -0.472 e. The van der Waals surface area contributed by atoms with E-state index in [9.17, 15) is 9.59 Å². The van der Waals surface area contributed by atoms with Crippen LogP contribution in [0.5, 0.6) is 0 Å². The van der Waals surface area contributed by atoms with E-state index in [0.29, 0.717) is 12.8 Å². The zero-order chi connectivity index (χ0) is 22.0. The summed E-state index contributed by atoms with van der Waals surface area (Å²) in [7, 11) is 0. The van der Waals surface area contributed by atoms with Gasteiger partial charge in [0.2, 0.25) is 0 Å². The molecule has 1 aromatic heterocycles. The number of hydrogen-bond donors (Lipinski definition) is 0. The second-order valence-corrected chi connectivity index (χ2v) is 11.8. The average Bonchev–Trinajstić information content (AvgIpc) is 3.33. The van der Waals surface area contributed by atoms with Crippen molar-refractivity contribution in [2.24, 2.45) is 28.1 Å². The number of carbonyl (C=O) groups is 2. The molecular formula is C26H32O5. The zero-order valence-electron chi connectivity index (χ0n) is 19.1. The Bertz CT molecular complexity index is 1000. The van der Waals surface area contributed by atoms with Gasteiger partial charge in [-0.3, -0.25) is 9.59 Å². The van der Waals surface area contributed by atoms with Gasteiger partial charge in [-0.2, -0.15) is 0 Å². The summed E-state index contributed by atoms with van der Waals surface area (Å²) >= 11 is 0. The van der Waals surface area contributed by atoms with Crippen LogP contribution >= 0.6 is 0 Å². The van der Waals surface area contributed by atoms with Crippen LogP contribution in [0.4, 0.5) is 0 Å². The molecule has 0 aromatic carbocycles. The van der Waals surface area contributed by atoms with Gasteiger partial charge in [-0.15, -0.1) is 0 Å². The van der Waals surface area contributed by atoms with Gasteiger partial charge in [-0.05, 0) is 48.8 Å². The lowest BCUT2D eigenvalue weighted by atomic mass is 9.45. The molecule has 6 rings (SSSR count). The Kier molecular flexibility index (Phi) is 3.65. The maximum Gasteiger partial charge on any atom is 0.306 e. The third-order valence-electron chi connectivity index (χ3n) is 10.1. The molecule has 0 N–H and O–H groups in total. The monoisotopic (exact) mass is 424 g/mol. The molecule has 8 atom stereocenters. The van der Waals surface area contributed by atoms with Crippen LogP contribution in [0.2, 0.25) is 0 Å². The Morgan fingerprint density at radius 2 is 1.84 bits per heavy atom. The molecule has 0 spiro atoms. The van der Waals surface area contributed by atoms with Gasteiger partial charge >= 0.3 is 5.97 Å². The summed E-state index contributed by atoms with van der Waals surface area (Å²) in [6, 6.07) is 2.05. The van der Waals surface area contributed by atoms with Gasteiger partial charge in [-0.25, -0.2) is 0 Å². The van der Waals surface area contributed by atoms with Crippen LogP contribution in [0.25, 0.3) is 0 Å². The van der Waals surface area contributed by atoms with Gasteiger partial charge < -0.3 is 13.9 Å². The van der Waals surface area contributed by atoms with E-state index in [4.69, 9.17) is 13.9 Å². The Morgan fingerprint density at radius 1 is 1.06 bits per heavy atom.